The molecule has 0 bridgehead atoms. The second-order valence-corrected chi connectivity index (χ2v) is 8.64. The third kappa shape index (κ3) is 4.57. The summed E-state index contributed by atoms with van der Waals surface area (Å²) in [5.41, 5.74) is 1.34. The minimum Gasteiger partial charge on any atom is -0.467 e. The van der Waals surface area contributed by atoms with Crippen LogP contribution in [0.5, 0.6) is 16.7 Å². The number of hydrogen-bond donors (Lipinski definition) is 0. The number of piperidine rings is 1. The van der Waals surface area contributed by atoms with Crippen molar-refractivity contribution in [2.45, 2.75) is 18.9 Å². The zero-order chi connectivity index (χ0) is 21.9. The van der Waals surface area contributed by atoms with Crippen LogP contribution in [0.15, 0.2) is 72.8 Å². The van der Waals surface area contributed by atoms with Gasteiger partial charge in [0, 0.05) is 31.5 Å². The molecular formula is C25H21FN2O3S. The van der Waals surface area contributed by atoms with Crippen molar-refractivity contribution >= 4 is 27.5 Å². The Bertz CT molecular complexity index is 1240. The Labute approximate surface area is 189 Å². The molecule has 0 unspecified atom stereocenters. The normalized spacial score (nSPS) is 14.5. The maximum Gasteiger partial charge on any atom is 0.274 e. The molecular weight excluding hydrogens is 427 g/mol. The monoisotopic (exact) mass is 448 g/mol. The fourth-order valence-corrected chi connectivity index (χ4v) is 4.65. The van der Waals surface area contributed by atoms with E-state index in [2.05, 4.69) is 4.98 Å². The van der Waals surface area contributed by atoms with Gasteiger partial charge in [0.25, 0.3) is 11.1 Å². The predicted molar refractivity (Wildman–Crippen MR) is 122 cm³/mol. The number of para-hydroxylation sites is 1. The number of amides is 1. The number of aromatic nitrogens is 1. The third-order valence-electron chi connectivity index (χ3n) is 5.39. The van der Waals surface area contributed by atoms with Crippen LogP contribution in [-0.4, -0.2) is 35.0 Å². The largest absolute Gasteiger partial charge is 0.467 e. The zero-order valence-corrected chi connectivity index (χ0v) is 18.1. The maximum absolute atomic E-state index is 13.4. The Morgan fingerprint density at radius 3 is 2.56 bits per heavy atom. The molecule has 1 aliphatic heterocycles. The molecule has 32 heavy (non-hydrogen) atoms. The first kappa shape index (κ1) is 20.5. The zero-order valence-electron chi connectivity index (χ0n) is 17.2. The van der Waals surface area contributed by atoms with Crippen LogP contribution < -0.4 is 9.47 Å². The third-order valence-corrected chi connectivity index (χ3v) is 6.30. The first-order valence-electron chi connectivity index (χ1n) is 10.5. The van der Waals surface area contributed by atoms with E-state index in [0.717, 1.165) is 28.8 Å². The molecule has 2 heterocycles. The summed E-state index contributed by atoms with van der Waals surface area (Å²) >= 11 is 1.34. The number of carbonyl (C=O) groups excluding carboxylic acids is 1. The van der Waals surface area contributed by atoms with E-state index >= 15 is 0 Å². The van der Waals surface area contributed by atoms with E-state index in [1.165, 1.54) is 23.5 Å². The number of nitrogens with zero attached hydrogens (tertiary/aromatic N) is 2. The summed E-state index contributed by atoms with van der Waals surface area (Å²) in [6.07, 6.45) is 1.42. The number of rotatable bonds is 5. The maximum atomic E-state index is 13.4. The molecule has 1 fully saturated rings. The summed E-state index contributed by atoms with van der Waals surface area (Å²) in [5, 5.41) is 0.543. The molecule has 1 aromatic heterocycles. The predicted octanol–water partition coefficient (Wildman–Crippen LogP) is 5.91. The van der Waals surface area contributed by atoms with E-state index in [-0.39, 0.29) is 17.8 Å². The molecule has 7 heteroatoms. The summed E-state index contributed by atoms with van der Waals surface area (Å²) in [4.78, 5) is 19.3. The molecule has 0 atom stereocenters. The standard InChI is InChI=1S/C25H21FN2O3S/c26-18-9-10-22-23(16-18)32-25(27-22)31-20-11-13-28(14-12-20)24(29)17-5-4-8-21(15-17)30-19-6-2-1-3-7-19/h1-10,15-16,20H,11-14H2. The second kappa shape index (κ2) is 8.96. The topological polar surface area (TPSA) is 51.7 Å². The molecule has 0 N–H and O–H groups in total. The molecule has 0 aliphatic carbocycles. The van der Waals surface area contributed by atoms with Crippen LogP contribution in [0, 0.1) is 5.82 Å². The van der Waals surface area contributed by atoms with E-state index in [1.807, 2.05) is 53.4 Å². The summed E-state index contributed by atoms with van der Waals surface area (Å²) in [6.45, 7) is 1.21. The highest BCUT2D eigenvalue weighted by Gasteiger charge is 2.25. The molecule has 0 radical (unpaired) electrons. The summed E-state index contributed by atoms with van der Waals surface area (Å²) in [6, 6.07) is 21.3. The van der Waals surface area contributed by atoms with Gasteiger partial charge in [-0.3, -0.25) is 4.79 Å². The molecule has 5 nitrogen and oxygen atoms in total. The fourth-order valence-electron chi connectivity index (χ4n) is 3.75. The Hall–Kier alpha value is -3.45. The number of halogens is 1. The number of hydrogen-bond acceptors (Lipinski definition) is 5. The van der Waals surface area contributed by atoms with E-state index < -0.39 is 0 Å². The molecule has 3 aromatic carbocycles. The number of ether oxygens (including phenoxy) is 2. The van der Waals surface area contributed by atoms with Crippen molar-refractivity contribution in [3.63, 3.8) is 0 Å². The van der Waals surface area contributed by atoms with Crippen LogP contribution in [0.2, 0.25) is 0 Å². The number of benzene rings is 3. The Morgan fingerprint density at radius 1 is 0.969 bits per heavy atom. The van der Waals surface area contributed by atoms with Crippen molar-refractivity contribution < 1.29 is 18.7 Å². The Balaban J connectivity index is 1.19. The minimum absolute atomic E-state index is 0.0163. The van der Waals surface area contributed by atoms with Crippen LogP contribution in [0.3, 0.4) is 0 Å². The van der Waals surface area contributed by atoms with Gasteiger partial charge in [0.1, 0.15) is 23.4 Å². The van der Waals surface area contributed by atoms with Gasteiger partial charge in [0.15, 0.2) is 0 Å². The van der Waals surface area contributed by atoms with Crippen molar-refractivity contribution in [3.8, 4) is 16.7 Å². The molecule has 4 aromatic rings. The average Bonchev–Trinajstić information content (AvgIpc) is 3.21. The van der Waals surface area contributed by atoms with Crippen molar-refractivity contribution in [2.75, 3.05) is 13.1 Å². The van der Waals surface area contributed by atoms with Gasteiger partial charge < -0.3 is 14.4 Å². The van der Waals surface area contributed by atoms with Gasteiger partial charge in [0.05, 0.1) is 10.2 Å². The highest BCUT2D eigenvalue weighted by atomic mass is 32.1. The van der Waals surface area contributed by atoms with Gasteiger partial charge in [0.2, 0.25) is 0 Å². The fraction of sp³-hybridized carbons (Fsp3) is 0.200. The molecule has 0 saturated carbocycles. The SMILES string of the molecule is O=C(c1cccc(Oc2ccccc2)c1)N1CCC(Oc2nc3ccc(F)cc3s2)CC1. The Morgan fingerprint density at radius 2 is 1.75 bits per heavy atom. The van der Waals surface area contributed by atoms with Gasteiger partial charge in [-0.15, -0.1) is 0 Å². The number of fused-ring (bicyclic) bond motifs is 1. The minimum atomic E-state index is -0.280. The van der Waals surface area contributed by atoms with Crippen LogP contribution in [0.4, 0.5) is 4.39 Å². The van der Waals surface area contributed by atoms with Crippen LogP contribution in [0.25, 0.3) is 10.2 Å². The van der Waals surface area contributed by atoms with Gasteiger partial charge >= 0.3 is 0 Å². The van der Waals surface area contributed by atoms with Gasteiger partial charge in [-0.05, 0) is 48.5 Å². The quantitative estimate of drug-likeness (QED) is 0.381. The first-order valence-corrected chi connectivity index (χ1v) is 11.3. The molecule has 1 saturated heterocycles. The van der Waals surface area contributed by atoms with Crippen LogP contribution in [0.1, 0.15) is 23.2 Å². The molecule has 5 rings (SSSR count). The van der Waals surface area contributed by atoms with E-state index in [0.29, 0.717) is 29.6 Å². The lowest BCUT2D eigenvalue weighted by atomic mass is 10.1. The Kier molecular flexibility index (Phi) is 5.73. The van der Waals surface area contributed by atoms with E-state index in [4.69, 9.17) is 9.47 Å². The molecule has 1 amide bonds. The number of carbonyl (C=O) groups is 1. The average molecular weight is 449 g/mol. The number of likely N-dealkylation sites (tertiary alicyclic amines) is 1. The lowest BCUT2D eigenvalue weighted by Gasteiger charge is -2.31. The first-order chi connectivity index (χ1) is 15.6. The van der Waals surface area contributed by atoms with E-state index in [1.54, 1.807) is 12.1 Å². The van der Waals surface area contributed by atoms with Crippen molar-refractivity contribution in [1.82, 2.24) is 9.88 Å². The summed E-state index contributed by atoms with van der Waals surface area (Å²) in [7, 11) is 0. The molecule has 0 spiro atoms. The molecule has 1 aliphatic rings. The van der Waals surface area contributed by atoms with Crippen LogP contribution >= 0.6 is 11.3 Å². The smallest absolute Gasteiger partial charge is 0.274 e. The lowest BCUT2D eigenvalue weighted by Crippen LogP contribution is -2.41. The van der Waals surface area contributed by atoms with Gasteiger partial charge in [-0.2, -0.15) is 0 Å². The highest BCUT2D eigenvalue weighted by molar-refractivity contribution is 7.20. The van der Waals surface area contributed by atoms with Crippen molar-refractivity contribution in [2.24, 2.45) is 0 Å². The van der Waals surface area contributed by atoms with Gasteiger partial charge in [-0.25, -0.2) is 9.37 Å². The van der Waals surface area contributed by atoms with E-state index in [9.17, 15) is 9.18 Å². The lowest BCUT2D eigenvalue weighted by molar-refractivity contribution is 0.0595. The summed E-state index contributed by atoms with van der Waals surface area (Å²) in [5.74, 6) is 1.07. The second-order valence-electron chi connectivity index (χ2n) is 7.64. The van der Waals surface area contributed by atoms with Crippen LogP contribution in [-0.2, 0) is 0 Å². The van der Waals surface area contributed by atoms with Crippen molar-refractivity contribution in [1.29, 1.82) is 0 Å². The number of thiazole rings is 1. The van der Waals surface area contributed by atoms with Crippen molar-refractivity contribution in [3.05, 3.63) is 84.2 Å². The van der Waals surface area contributed by atoms with Gasteiger partial charge in [-0.1, -0.05) is 35.6 Å². The molecule has 162 valence electrons. The summed E-state index contributed by atoms with van der Waals surface area (Å²) < 4.78 is 26.0. The highest BCUT2D eigenvalue weighted by Crippen LogP contribution is 2.30.